The van der Waals surface area contributed by atoms with E-state index in [2.05, 4.69) is 10.3 Å². The second kappa shape index (κ2) is 6.16. The minimum Gasteiger partial charge on any atom is -0.394 e. The van der Waals surface area contributed by atoms with Crippen molar-refractivity contribution in [1.29, 1.82) is 0 Å². The monoisotopic (exact) mass is 225 g/mol. The lowest BCUT2D eigenvalue weighted by Crippen LogP contribution is -2.33. The fourth-order valence-electron chi connectivity index (χ4n) is 1.11. The van der Waals surface area contributed by atoms with Crippen molar-refractivity contribution >= 4 is 5.91 Å². The zero-order valence-corrected chi connectivity index (χ0v) is 8.76. The number of hydrogen-bond donors (Lipinski definition) is 4. The lowest BCUT2D eigenvalue weighted by molar-refractivity contribution is 0.0802. The molecule has 0 aliphatic carbocycles. The van der Waals surface area contributed by atoms with Crippen LogP contribution in [0.15, 0.2) is 18.3 Å². The van der Waals surface area contributed by atoms with Gasteiger partial charge in [-0.05, 0) is 12.1 Å². The van der Waals surface area contributed by atoms with E-state index in [4.69, 9.17) is 15.9 Å². The second-order valence-corrected chi connectivity index (χ2v) is 3.29. The van der Waals surface area contributed by atoms with Gasteiger partial charge in [0.1, 0.15) is 0 Å². The third kappa shape index (κ3) is 3.58. The Morgan fingerprint density at radius 2 is 2.38 bits per heavy atom. The van der Waals surface area contributed by atoms with Crippen molar-refractivity contribution in [3.63, 3.8) is 0 Å². The Labute approximate surface area is 93.1 Å². The van der Waals surface area contributed by atoms with Gasteiger partial charge in [-0.3, -0.25) is 9.78 Å². The number of aliphatic hydroxyl groups excluding tert-OH is 2. The van der Waals surface area contributed by atoms with E-state index >= 15 is 0 Å². The fraction of sp³-hybridized carbons (Fsp3) is 0.400. The molecule has 1 unspecified atom stereocenters. The van der Waals surface area contributed by atoms with Gasteiger partial charge >= 0.3 is 0 Å². The van der Waals surface area contributed by atoms with Crippen LogP contribution in [0.25, 0.3) is 0 Å². The van der Waals surface area contributed by atoms with Crippen LogP contribution in [0.3, 0.4) is 0 Å². The van der Waals surface area contributed by atoms with Crippen LogP contribution >= 0.6 is 0 Å². The number of pyridine rings is 1. The van der Waals surface area contributed by atoms with Crippen molar-refractivity contribution in [3.05, 3.63) is 29.6 Å². The highest BCUT2D eigenvalue weighted by Gasteiger charge is 2.08. The van der Waals surface area contributed by atoms with E-state index in [1.165, 1.54) is 6.20 Å². The zero-order chi connectivity index (χ0) is 12.0. The Morgan fingerprint density at radius 1 is 1.62 bits per heavy atom. The topological polar surface area (TPSA) is 108 Å². The number of carbonyl (C=O) groups is 1. The van der Waals surface area contributed by atoms with Gasteiger partial charge < -0.3 is 21.3 Å². The van der Waals surface area contributed by atoms with Gasteiger partial charge in [0.25, 0.3) is 5.91 Å². The predicted molar refractivity (Wildman–Crippen MR) is 57.6 cm³/mol. The second-order valence-electron chi connectivity index (χ2n) is 3.29. The van der Waals surface area contributed by atoms with Crippen LogP contribution < -0.4 is 11.1 Å². The summed E-state index contributed by atoms with van der Waals surface area (Å²) in [4.78, 5) is 15.5. The first kappa shape index (κ1) is 12.6. The molecule has 1 rings (SSSR count). The quantitative estimate of drug-likeness (QED) is 0.494. The maximum Gasteiger partial charge on any atom is 0.251 e. The largest absolute Gasteiger partial charge is 0.394 e. The van der Waals surface area contributed by atoms with E-state index < -0.39 is 6.10 Å². The molecule has 5 N–H and O–H groups in total. The highest BCUT2D eigenvalue weighted by Crippen LogP contribution is 2.01. The van der Waals surface area contributed by atoms with Crippen molar-refractivity contribution in [2.24, 2.45) is 5.73 Å². The summed E-state index contributed by atoms with van der Waals surface area (Å²) in [6, 6.07) is 3.14. The van der Waals surface area contributed by atoms with E-state index in [1.807, 2.05) is 0 Å². The number of aromatic nitrogens is 1. The van der Waals surface area contributed by atoms with E-state index in [0.717, 1.165) is 0 Å². The average molecular weight is 225 g/mol. The van der Waals surface area contributed by atoms with Crippen molar-refractivity contribution in [2.75, 3.05) is 13.2 Å². The molecule has 0 bridgehead atoms. The third-order valence-electron chi connectivity index (χ3n) is 2.00. The third-order valence-corrected chi connectivity index (χ3v) is 2.00. The molecular formula is C10H15N3O3. The van der Waals surface area contributed by atoms with Gasteiger partial charge in [0.2, 0.25) is 0 Å². The van der Waals surface area contributed by atoms with E-state index in [0.29, 0.717) is 11.3 Å². The molecule has 0 aliphatic heterocycles. The number of nitrogens with zero attached hydrogens (tertiary/aromatic N) is 1. The maximum absolute atomic E-state index is 11.6. The molecule has 1 heterocycles. The van der Waals surface area contributed by atoms with Gasteiger partial charge in [0.15, 0.2) is 0 Å². The van der Waals surface area contributed by atoms with Crippen LogP contribution in [-0.4, -0.2) is 40.4 Å². The molecular weight excluding hydrogens is 210 g/mol. The normalized spacial score (nSPS) is 12.2. The summed E-state index contributed by atoms with van der Waals surface area (Å²) in [5.41, 5.74) is 6.45. The molecule has 0 fully saturated rings. The first-order valence-electron chi connectivity index (χ1n) is 4.89. The summed E-state index contributed by atoms with van der Waals surface area (Å²) < 4.78 is 0. The smallest absolute Gasteiger partial charge is 0.251 e. The number of aliphatic hydroxyl groups is 2. The molecule has 0 radical (unpaired) electrons. The highest BCUT2D eigenvalue weighted by atomic mass is 16.3. The Bertz CT molecular complexity index is 357. The van der Waals surface area contributed by atoms with Crippen LogP contribution in [0.5, 0.6) is 0 Å². The SMILES string of the molecule is NCc1cc(C(=O)NCC(O)CO)ccn1. The van der Waals surface area contributed by atoms with E-state index in [-0.39, 0.29) is 25.6 Å². The molecule has 0 aromatic carbocycles. The van der Waals surface area contributed by atoms with Gasteiger partial charge in [-0.15, -0.1) is 0 Å². The summed E-state index contributed by atoms with van der Waals surface area (Å²) in [6.45, 7) is -0.110. The number of nitrogens with one attached hydrogen (secondary N) is 1. The van der Waals surface area contributed by atoms with Gasteiger partial charge in [-0.2, -0.15) is 0 Å². The predicted octanol–water partition coefficient (Wildman–Crippen LogP) is -1.38. The number of carbonyl (C=O) groups excluding carboxylic acids is 1. The summed E-state index contributed by atoms with van der Waals surface area (Å²) in [5.74, 6) is -0.329. The molecule has 6 nitrogen and oxygen atoms in total. The van der Waals surface area contributed by atoms with E-state index in [1.54, 1.807) is 12.1 Å². The number of amides is 1. The number of hydrogen-bond acceptors (Lipinski definition) is 5. The Hall–Kier alpha value is -1.50. The van der Waals surface area contributed by atoms with Crippen molar-refractivity contribution in [3.8, 4) is 0 Å². The zero-order valence-electron chi connectivity index (χ0n) is 8.76. The Balaban J connectivity index is 2.58. The Kier molecular flexibility index (Phi) is 4.84. The van der Waals surface area contributed by atoms with Crippen LogP contribution in [0, 0.1) is 0 Å². The molecule has 6 heteroatoms. The van der Waals surface area contributed by atoms with Gasteiger partial charge in [-0.1, -0.05) is 0 Å². The van der Waals surface area contributed by atoms with Crippen molar-refractivity contribution in [1.82, 2.24) is 10.3 Å². The molecule has 1 atom stereocenters. The fourth-order valence-corrected chi connectivity index (χ4v) is 1.11. The molecule has 0 aliphatic rings. The molecule has 88 valence electrons. The standard InChI is InChI=1S/C10H15N3O3/c11-4-8-3-7(1-2-12-8)10(16)13-5-9(15)6-14/h1-3,9,14-15H,4-6,11H2,(H,13,16). The summed E-state index contributed by atoms with van der Waals surface area (Å²) in [6.07, 6.45) is 0.555. The van der Waals surface area contributed by atoms with Gasteiger partial charge in [0.05, 0.1) is 18.4 Å². The summed E-state index contributed by atoms with van der Waals surface area (Å²) >= 11 is 0. The number of nitrogens with two attached hydrogens (primary N) is 1. The molecule has 16 heavy (non-hydrogen) atoms. The first-order chi connectivity index (χ1) is 7.67. The Morgan fingerprint density at radius 3 is 3.00 bits per heavy atom. The lowest BCUT2D eigenvalue weighted by Gasteiger charge is -2.09. The lowest BCUT2D eigenvalue weighted by atomic mass is 10.2. The molecule has 0 saturated carbocycles. The minimum atomic E-state index is -0.945. The maximum atomic E-state index is 11.6. The van der Waals surface area contributed by atoms with Crippen LogP contribution in [0.4, 0.5) is 0 Å². The molecule has 0 spiro atoms. The highest BCUT2D eigenvalue weighted by molar-refractivity contribution is 5.94. The summed E-state index contributed by atoms with van der Waals surface area (Å²) in [7, 11) is 0. The van der Waals surface area contributed by atoms with E-state index in [9.17, 15) is 4.79 Å². The van der Waals surface area contributed by atoms with Crippen LogP contribution in [-0.2, 0) is 6.54 Å². The van der Waals surface area contributed by atoms with Crippen LogP contribution in [0.2, 0.25) is 0 Å². The van der Waals surface area contributed by atoms with Crippen LogP contribution in [0.1, 0.15) is 16.1 Å². The minimum absolute atomic E-state index is 0.00954. The van der Waals surface area contributed by atoms with Gasteiger partial charge in [-0.25, -0.2) is 0 Å². The molecule has 1 aromatic heterocycles. The van der Waals surface area contributed by atoms with Crippen molar-refractivity contribution < 1.29 is 15.0 Å². The molecule has 1 aromatic rings. The summed E-state index contributed by atoms with van der Waals surface area (Å²) in [5, 5.41) is 20.1. The first-order valence-corrected chi connectivity index (χ1v) is 4.89. The molecule has 1 amide bonds. The van der Waals surface area contributed by atoms with Crippen molar-refractivity contribution in [2.45, 2.75) is 12.6 Å². The average Bonchev–Trinajstić information content (AvgIpc) is 2.35. The van der Waals surface area contributed by atoms with Gasteiger partial charge in [0, 0.05) is 24.8 Å². The molecule has 0 saturated heterocycles. The number of rotatable bonds is 5.